The van der Waals surface area contributed by atoms with Crippen LogP contribution in [-0.4, -0.2) is 29.8 Å². The van der Waals surface area contributed by atoms with Crippen molar-refractivity contribution in [2.45, 2.75) is 6.54 Å². The van der Waals surface area contributed by atoms with Crippen LogP contribution in [0.4, 0.5) is 5.82 Å². The molecular formula is C16H12ClN7. The van der Waals surface area contributed by atoms with Crippen molar-refractivity contribution in [2.75, 3.05) is 5.32 Å². The summed E-state index contributed by atoms with van der Waals surface area (Å²) in [5, 5.41) is 16.3. The van der Waals surface area contributed by atoms with Gasteiger partial charge >= 0.3 is 0 Å². The Labute approximate surface area is 142 Å². The molecule has 3 aromatic heterocycles. The molecule has 1 aromatic carbocycles. The number of nitrogens with zero attached hydrogens (tertiary/aromatic N) is 6. The van der Waals surface area contributed by atoms with E-state index in [1.54, 1.807) is 16.8 Å². The lowest BCUT2D eigenvalue weighted by Gasteiger charge is -2.05. The van der Waals surface area contributed by atoms with E-state index in [1.165, 1.54) is 0 Å². The molecule has 0 aliphatic heterocycles. The maximum atomic E-state index is 5.78. The number of fused-ring (bicyclic) bond motifs is 1. The monoisotopic (exact) mass is 337 g/mol. The van der Waals surface area contributed by atoms with E-state index >= 15 is 0 Å². The normalized spacial score (nSPS) is 10.9. The highest BCUT2D eigenvalue weighted by molar-refractivity contribution is 6.28. The van der Waals surface area contributed by atoms with Crippen LogP contribution < -0.4 is 5.32 Å². The third-order valence-electron chi connectivity index (χ3n) is 3.45. The lowest BCUT2D eigenvalue weighted by molar-refractivity contribution is 0.829. The van der Waals surface area contributed by atoms with E-state index in [0.29, 0.717) is 23.8 Å². The van der Waals surface area contributed by atoms with E-state index < -0.39 is 0 Å². The number of anilines is 1. The Hall–Kier alpha value is -3.06. The summed E-state index contributed by atoms with van der Waals surface area (Å²) < 4.78 is 1.72. The molecule has 0 aliphatic rings. The van der Waals surface area contributed by atoms with Crippen LogP contribution in [0.25, 0.3) is 16.9 Å². The molecule has 0 radical (unpaired) electrons. The van der Waals surface area contributed by atoms with Crippen molar-refractivity contribution in [3.63, 3.8) is 0 Å². The van der Waals surface area contributed by atoms with E-state index in [4.69, 9.17) is 11.6 Å². The van der Waals surface area contributed by atoms with Crippen LogP contribution in [0.1, 0.15) is 5.82 Å². The van der Waals surface area contributed by atoms with E-state index in [1.807, 2.05) is 42.5 Å². The molecule has 0 spiro atoms. The molecule has 3 heterocycles. The fraction of sp³-hybridized carbons (Fsp3) is 0.0625. The van der Waals surface area contributed by atoms with Crippen LogP contribution in [-0.2, 0) is 6.54 Å². The SMILES string of the molecule is Clc1nccc(NCc2nnc3ccc(-c4ccccc4)nn23)n1. The molecule has 1 N–H and O–H groups in total. The molecule has 0 atom stereocenters. The number of hydrogen-bond donors (Lipinski definition) is 1. The number of hydrogen-bond acceptors (Lipinski definition) is 6. The molecule has 0 saturated carbocycles. The number of aromatic nitrogens is 6. The minimum absolute atomic E-state index is 0.190. The lowest BCUT2D eigenvalue weighted by atomic mass is 10.1. The third kappa shape index (κ3) is 2.89. The summed E-state index contributed by atoms with van der Waals surface area (Å²) in [6, 6.07) is 15.5. The highest BCUT2D eigenvalue weighted by atomic mass is 35.5. The first kappa shape index (κ1) is 14.5. The van der Waals surface area contributed by atoms with Gasteiger partial charge in [-0.1, -0.05) is 30.3 Å². The van der Waals surface area contributed by atoms with Gasteiger partial charge in [0.25, 0.3) is 0 Å². The highest BCUT2D eigenvalue weighted by Gasteiger charge is 2.09. The minimum Gasteiger partial charge on any atom is -0.363 e. The van der Waals surface area contributed by atoms with Gasteiger partial charge in [0, 0.05) is 11.8 Å². The molecule has 8 heteroatoms. The van der Waals surface area contributed by atoms with Crippen molar-refractivity contribution in [2.24, 2.45) is 0 Å². The van der Waals surface area contributed by atoms with Crippen molar-refractivity contribution in [3.05, 3.63) is 65.8 Å². The first-order chi connectivity index (χ1) is 11.8. The first-order valence-corrected chi connectivity index (χ1v) is 7.66. The van der Waals surface area contributed by atoms with Crippen molar-refractivity contribution < 1.29 is 0 Å². The smallest absolute Gasteiger partial charge is 0.224 e. The molecule has 7 nitrogen and oxygen atoms in total. The summed E-state index contributed by atoms with van der Waals surface area (Å²) in [6.07, 6.45) is 1.59. The van der Waals surface area contributed by atoms with Crippen LogP contribution in [0.2, 0.25) is 5.28 Å². The Kier molecular flexibility index (Phi) is 3.76. The van der Waals surface area contributed by atoms with Gasteiger partial charge in [-0.2, -0.15) is 9.61 Å². The molecule has 0 fully saturated rings. The molecule has 24 heavy (non-hydrogen) atoms. The van der Waals surface area contributed by atoms with Crippen LogP contribution in [0.15, 0.2) is 54.7 Å². The number of halogens is 1. The fourth-order valence-electron chi connectivity index (χ4n) is 2.31. The van der Waals surface area contributed by atoms with Crippen molar-refractivity contribution in [1.29, 1.82) is 0 Å². The predicted octanol–water partition coefficient (Wildman–Crippen LogP) is 2.85. The Balaban J connectivity index is 1.64. The summed E-state index contributed by atoms with van der Waals surface area (Å²) in [6.45, 7) is 0.416. The van der Waals surface area contributed by atoms with Crippen LogP contribution in [0.3, 0.4) is 0 Å². The van der Waals surface area contributed by atoms with Crippen LogP contribution in [0.5, 0.6) is 0 Å². The molecular weight excluding hydrogens is 326 g/mol. The zero-order valence-electron chi connectivity index (χ0n) is 12.5. The maximum Gasteiger partial charge on any atom is 0.224 e. The summed E-state index contributed by atoms with van der Waals surface area (Å²) in [5.41, 5.74) is 2.58. The summed E-state index contributed by atoms with van der Waals surface area (Å²) in [4.78, 5) is 7.93. The zero-order chi connectivity index (χ0) is 16.4. The Morgan fingerprint density at radius 3 is 2.71 bits per heavy atom. The molecule has 0 aliphatic carbocycles. The number of benzene rings is 1. The number of nitrogens with one attached hydrogen (secondary N) is 1. The Morgan fingerprint density at radius 1 is 1.00 bits per heavy atom. The van der Waals surface area contributed by atoms with Gasteiger partial charge in [-0.15, -0.1) is 10.2 Å². The molecule has 0 amide bonds. The molecule has 0 unspecified atom stereocenters. The second-order valence-corrected chi connectivity index (χ2v) is 5.37. The van der Waals surface area contributed by atoms with Gasteiger partial charge in [-0.3, -0.25) is 0 Å². The van der Waals surface area contributed by atoms with Gasteiger partial charge in [0.05, 0.1) is 12.2 Å². The maximum absolute atomic E-state index is 5.78. The Bertz CT molecular complexity index is 984. The van der Waals surface area contributed by atoms with Crippen molar-refractivity contribution in [1.82, 2.24) is 29.8 Å². The second kappa shape index (κ2) is 6.21. The minimum atomic E-state index is 0.190. The summed E-state index contributed by atoms with van der Waals surface area (Å²) in [5.74, 6) is 1.29. The van der Waals surface area contributed by atoms with Gasteiger partial charge < -0.3 is 5.32 Å². The average Bonchev–Trinajstić information content (AvgIpc) is 3.03. The first-order valence-electron chi connectivity index (χ1n) is 7.29. The van der Waals surface area contributed by atoms with Gasteiger partial charge in [-0.05, 0) is 29.8 Å². The van der Waals surface area contributed by atoms with Crippen LogP contribution >= 0.6 is 11.6 Å². The average molecular weight is 338 g/mol. The second-order valence-electron chi connectivity index (χ2n) is 5.04. The summed E-state index contributed by atoms with van der Waals surface area (Å²) >= 11 is 5.78. The summed E-state index contributed by atoms with van der Waals surface area (Å²) in [7, 11) is 0. The highest BCUT2D eigenvalue weighted by Crippen LogP contribution is 2.17. The third-order valence-corrected chi connectivity index (χ3v) is 3.63. The number of rotatable bonds is 4. The molecule has 118 valence electrons. The lowest BCUT2D eigenvalue weighted by Crippen LogP contribution is -2.07. The van der Waals surface area contributed by atoms with E-state index in [-0.39, 0.29) is 5.28 Å². The van der Waals surface area contributed by atoms with E-state index in [0.717, 1.165) is 11.3 Å². The predicted molar refractivity (Wildman–Crippen MR) is 90.6 cm³/mol. The standard InChI is InChI=1S/C16H12ClN7/c17-16-18-9-8-13(20-16)19-10-15-22-21-14-7-6-12(23-24(14)15)11-4-2-1-3-5-11/h1-9H,10H2,(H,18,19,20). The largest absolute Gasteiger partial charge is 0.363 e. The molecule has 0 saturated heterocycles. The van der Waals surface area contributed by atoms with E-state index in [9.17, 15) is 0 Å². The Morgan fingerprint density at radius 2 is 1.88 bits per heavy atom. The van der Waals surface area contributed by atoms with Gasteiger partial charge in [0.1, 0.15) is 5.82 Å². The van der Waals surface area contributed by atoms with Gasteiger partial charge in [0.15, 0.2) is 11.5 Å². The molecule has 0 bridgehead atoms. The molecule has 4 rings (SSSR count). The zero-order valence-corrected chi connectivity index (χ0v) is 13.2. The van der Waals surface area contributed by atoms with Crippen molar-refractivity contribution in [3.8, 4) is 11.3 Å². The van der Waals surface area contributed by atoms with E-state index in [2.05, 4.69) is 30.6 Å². The fourth-order valence-corrected chi connectivity index (χ4v) is 2.46. The van der Waals surface area contributed by atoms with Crippen LogP contribution in [0, 0.1) is 0 Å². The molecule has 4 aromatic rings. The quantitative estimate of drug-likeness (QED) is 0.577. The van der Waals surface area contributed by atoms with Gasteiger partial charge in [0.2, 0.25) is 5.28 Å². The van der Waals surface area contributed by atoms with Gasteiger partial charge in [-0.25, -0.2) is 9.97 Å². The van der Waals surface area contributed by atoms with Crippen molar-refractivity contribution >= 4 is 23.1 Å². The topological polar surface area (TPSA) is 80.9 Å².